The van der Waals surface area contributed by atoms with Crippen molar-refractivity contribution in [3.8, 4) is 0 Å². The molecular formula is C17H17N5O4S2. The number of nitrogens with one attached hydrogen (secondary N) is 1. The number of ether oxygens (including phenoxy) is 1. The van der Waals surface area contributed by atoms with Crippen molar-refractivity contribution in [1.82, 2.24) is 24.9 Å². The molecule has 0 atom stereocenters. The summed E-state index contributed by atoms with van der Waals surface area (Å²) in [7, 11) is 0. The van der Waals surface area contributed by atoms with Gasteiger partial charge < -0.3 is 4.74 Å². The van der Waals surface area contributed by atoms with Crippen molar-refractivity contribution in [2.45, 2.75) is 25.4 Å². The van der Waals surface area contributed by atoms with E-state index in [4.69, 9.17) is 4.74 Å². The number of carbonyl (C=O) groups is 3. The molecule has 0 aromatic carbocycles. The first-order chi connectivity index (χ1) is 13.4. The molecule has 0 radical (unpaired) electrons. The largest absolute Gasteiger partial charge is 0.455 e. The van der Waals surface area contributed by atoms with Crippen molar-refractivity contribution >= 4 is 46.7 Å². The van der Waals surface area contributed by atoms with Gasteiger partial charge in [0.05, 0.1) is 11.3 Å². The van der Waals surface area contributed by atoms with Crippen LogP contribution in [0.4, 0.5) is 0 Å². The first kappa shape index (κ1) is 20.0. The molecule has 3 heterocycles. The van der Waals surface area contributed by atoms with E-state index < -0.39 is 24.4 Å². The van der Waals surface area contributed by atoms with Crippen LogP contribution in [-0.2, 0) is 20.7 Å². The van der Waals surface area contributed by atoms with E-state index in [2.05, 4.69) is 20.4 Å². The Morgan fingerprint density at radius 3 is 2.75 bits per heavy atom. The van der Waals surface area contributed by atoms with Gasteiger partial charge in [-0.3, -0.25) is 19.7 Å². The lowest BCUT2D eigenvalue weighted by atomic mass is 10.1. The molecule has 28 heavy (non-hydrogen) atoms. The van der Waals surface area contributed by atoms with Crippen LogP contribution in [0.1, 0.15) is 26.6 Å². The Hall–Kier alpha value is -2.79. The lowest BCUT2D eigenvalue weighted by Crippen LogP contribution is -2.34. The Morgan fingerprint density at radius 2 is 2.07 bits per heavy atom. The van der Waals surface area contributed by atoms with E-state index in [0.717, 1.165) is 5.69 Å². The Bertz CT molecular complexity index is 1050. The van der Waals surface area contributed by atoms with Gasteiger partial charge >= 0.3 is 5.97 Å². The molecule has 2 amide bonds. The standard InChI is InChI=1S/C17H17N5O4S2/c1-9-11(10(2)22-16(18-9)20-17(21-22)27-3)7-14(24)26-8-13(23)19-15(25)12-5-4-6-28-12/h4-6H,7-8H2,1-3H3,(H,19,23,25). The number of aromatic nitrogens is 4. The SMILES string of the molecule is CSc1nc2nc(C)c(CC(=O)OCC(=O)NC(=O)c3cccs3)c(C)n2n1. The maximum atomic E-state index is 12.2. The second-order valence-electron chi connectivity index (χ2n) is 5.76. The second kappa shape index (κ2) is 8.48. The summed E-state index contributed by atoms with van der Waals surface area (Å²) in [6.07, 6.45) is 1.80. The highest BCUT2D eigenvalue weighted by Gasteiger charge is 2.18. The number of nitrogens with zero attached hydrogens (tertiary/aromatic N) is 4. The molecule has 0 saturated heterocycles. The minimum atomic E-state index is -0.686. The van der Waals surface area contributed by atoms with Crippen LogP contribution in [0, 0.1) is 13.8 Å². The van der Waals surface area contributed by atoms with E-state index in [1.165, 1.54) is 23.1 Å². The molecule has 0 saturated carbocycles. The van der Waals surface area contributed by atoms with Gasteiger partial charge in [0.15, 0.2) is 6.61 Å². The topological polar surface area (TPSA) is 116 Å². The van der Waals surface area contributed by atoms with Crippen LogP contribution in [0.15, 0.2) is 22.7 Å². The van der Waals surface area contributed by atoms with Gasteiger partial charge in [0.2, 0.25) is 5.16 Å². The Balaban J connectivity index is 1.61. The summed E-state index contributed by atoms with van der Waals surface area (Å²) in [5, 5.41) is 8.81. The minimum absolute atomic E-state index is 0.0682. The highest BCUT2D eigenvalue weighted by Crippen LogP contribution is 2.17. The fourth-order valence-electron chi connectivity index (χ4n) is 2.51. The number of thioether (sulfide) groups is 1. The smallest absolute Gasteiger partial charge is 0.310 e. The third kappa shape index (κ3) is 4.37. The molecular weight excluding hydrogens is 402 g/mol. The van der Waals surface area contributed by atoms with Crippen molar-refractivity contribution in [2.75, 3.05) is 12.9 Å². The molecule has 1 N–H and O–H groups in total. The summed E-state index contributed by atoms with van der Waals surface area (Å²) in [5.41, 5.74) is 2.02. The van der Waals surface area contributed by atoms with E-state index in [0.29, 0.717) is 27.1 Å². The van der Waals surface area contributed by atoms with Crippen LogP contribution in [0.3, 0.4) is 0 Å². The molecule has 0 aliphatic heterocycles. The van der Waals surface area contributed by atoms with Gasteiger partial charge in [0.25, 0.3) is 17.6 Å². The van der Waals surface area contributed by atoms with E-state index in [1.807, 2.05) is 13.2 Å². The molecule has 9 nitrogen and oxygen atoms in total. The number of hydrogen-bond donors (Lipinski definition) is 1. The fourth-order valence-corrected chi connectivity index (χ4v) is 3.46. The first-order valence-corrected chi connectivity index (χ1v) is 10.3. The van der Waals surface area contributed by atoms with Crippen molar-refractivity contribution in [2.24, 2.45) is 0 Å². The average molecular weight is 419 g/mol. The van der Waals surface area contributed by atoms with Crippen molar-refractivity contribution < 1.29 is 19.1 Å². The zero-order chi connectivity index (χ0) is 20.3. The summed E-state index contributed by atoms with van der Waals surface area (Å²) in [6, 6.07) is 3.30. The minimum Gasteiger partial charge on any atom is -0.455 e. The molecule has 0 aliphatic carbocycles. The zero-order valence-electron chi connectivity index (χ0n) is 15.4. The number of amides is 2. The highest BCUT2D eigenvalue weighted by atomic mass is 32.2. The zero-order valence-corrected chi connectivity index (χ0v) is 17.0. The normalized spacial score (nSPS) is 10.8. The van der Waals surface area contributed by atoms with Gasteiger partial charge in [-0.2, -0.15) is 4.98 Å². The number of carbonyl (C=O) groups excluding carboxylic acids is 3. The van der Waals surface area contributed by atoms with Crippen LogP contribution in [-0.4, -0.2) is 50.2 Å². The molecule has 3 aromatic rings. The van der Waals surface area contributed by atoms with Crippen LogP contribution in [0.5, 0.6) is 0 Å². The fraction of sp³-hybridized carbons (Fsp3) is 0.294. The number of rotatable bonds is 6. The summed E-state index contributed by atoms with van der Waals surface area (Å²) in [6.45, 7) is 3.05. The molecule has 11 heteroatoms. The van der Waals surface area contributed by atoms with Crippen LogP contribution in [0.2, 0.25) is 0 Å². The molecule has 146 valence electrons. The molecule has 0 fully saturated rings. The van der Waals surface area contributed by atoms with Crippen LogP contribution < -0.4 is 5.32 Å². The maximum Gasteiger partial charge on any atom is 0.310 e. The lowest BCUT2D eigenvalue weighted by molar-refractivity contribution is -0.147. The molecule has 3 rings (SSSR count). The van der Waals surface area contributed by atoms with Crippen LogP contribution >= 0.6 is 23.1 Å². The monoisotopic (exact) mass is 419 g/mol. The Morgan fingerprint density at radius 1 is 1.29 bits per heavy atom. The highest BCUT2D eigenvalue weighted by molar-refractivity contribution is 7.98. The summed E-state index contributed by atoms with van der Waals surface area (Å²) < 4.78 is 6.57. The lowest BCUT2D eigenvalue weighted by Gasteiger charge is -2.10. The predicted molar refractivity (Wildman–Crippen MR) is 103 cm³/mol. The third-order valence-electron chi connectivity index (χ3n) is 3.90. The second-order valence-corrected chi connectivity index (χ2v) is 7.48. The predicted octanol–water partition coefficient (Wildman–Crippen LogP) is 1.57. The quantitative estimate of drug-likeness (QED) is 0.473. The van der Waals surface area contributed by atoms with Crippen molar-refractivity contribution in [1.29, 1.82) is 0 Å². The number of aryl methyl sites for hydroxylation is 2. The van der Waals surface area contributed by atoms with E-state index in [-0.39, 0.29) is 6.42 Å². The number of hydrogen-bond acceptors (Lipinski definition) is 9. The van der Waals surface area contributed by atoms with E-state index in [1.54, 1.807) is 29.0 Å². The van der Waals surface area contributed by atoms with Gasteiger partial charge in [-0.05, 0) is 31.5 Å². The molecule has 3 aromatic heterocycles. The maximum absolute atomic E-state index is 12.2. The summed E-state index contributed by atoms with van der Waals surface area (Å²) >= 11 is 2.61. The van der Waals surface area contributed by atoms with E-state index in [9.17, 15) is 14.4 Å². The molecule has 0 unspecified atom stereocenters. The third-order valence-corrected chi connectivity index (χ3v) is 5.30. The van der Waals surface area contributed by atoms with Gasteiger partial charge in [-0.25, -0.2) is 9.50 Å². The first-order valence-electron chi connectivity index (χ1n) is 8.19. The molecule has 0 spiro atoms. The van der Waals surface area contributed by atoms with Crippen molar-refractivity contribution in [3.05, 3.63) is 39.3 Å². The number of imide groups is 1. The van der Waals surface area contributed by atoms with Gasteiger partial charge in [-0.15, -0.1) is 16.4 Å². The molecule has 0 aliphatic rings. The van der Waals surface area contributed by atoms with Crippen LogP contribution in [0.25, 0.3) is 5.78 Å². The number of fused-ring (bicyclic) bond motifs is 1. The Labute approximate surface area is 168 Å². The number of thiophene rings is 1. The van der Waals surface area contributed by atoms with Gasteiger partial charge in [0.1, 0.15) is 0 Å². The summed E-state index contributed by atoms with van der Waals surface area (Å²) in [5.74, 6) is -1.35. The number of esters is 1. The van der Waals surface area contributed by atoms with Gasteiger partial charge in [0, 0.05) is 17.0 Å². The summed E-state index contributed by atoms with van der Waals surface area (Å²) in [4.78, 5) is 44.8. The Kier molecular flexibility index (Phi) is 6.05. The van der Waals surface area contributed by atoms with Crippen molar-refractivity contribution in [3.63, 3.8) is 0 Å². The average Bonchev–Trinajstić information content (AvgIpc) is 3.33. The van der Waals surface area contributed by atoms with Gasteiger partial charge in [-0.1, -0.05) is 17.8 Å². The molecule has 0 bridgehead atoms. The van der Waals surface area contributed by atoms with E-state index >= 15 is 0 Å².